The highest BCUT2D eigenvalue weighted by Crippen LogP contribution is 2.18. The minimum absolute atomic E-state index is 0.0149. The van der Waals surface area contributed by atoms with E-state index < -0.39 is 4.92 Å². The van der Waals surface area contributed by atoms with Gasteiger partial charge in [-0.2, -0.15) is 0 Å². The van der Waals surface area contributed by atoms with E-state index in [0.29, 0.717) is 17.7 Å². The molecule has 1 aromatic heterocycles. The van der Waals surface area contributed by atoms with Crippen molar-refractivity contribution in [1.29, 1.82) is 0 Å². The van der Waals surface area contributed by atoms with Gasteiger partial charge in [0.05, 0.1) is 6.07 Å². The van der Waals surface area contributed by atoms with Gasteiger partial charge in [0, 0.05) is 18.4 Å². The van der Waals surface area contributed by atoms with Crippen LogP contribution in [-0.2, 0) is 12.8 Å². The first kappa shape index (κ1) is 15.9. The van der Waals surface area contributed by atoms with Gasteiger partial charge in [-0.3, -0.25) is 14.9 Å². The molecule has 0 atom stereocenters. The number of hydrogen-bond acceptors (Lipinski definition) is 4. The molecule has 0 unspecified atom stereocenters. The fraction of sp³-hybridized carbons (Fsp3) is 0.353. The number of carbonyl (C=O) groups is 1. The van der Waals surface area contributed by atoms with E-state index in [0.717, 1.165) is 19.3 Å². The molecule has 0 aliphatic carbocycles. The van der Waals surface area contributed by atoms with Crippen LogP contribution in [0.4, 0.5) is 5.88 Å². The van der Waals surface area contributed by atoms with Crippen molar-refractivity contribution in [2.45, 2.75) is 39.0 Å². The van der Waals surface area contributed by atoms with E-state index in [9.17, 15) is 14.9 Å². The summed E-state index contributed by atoms with van der Waals surface area (Å²) in [7, 11) is 0. The van der Waals surface area contributed by atoms with Crippen LogP contribution >= 0.6 is 0 Å². The zero-order valence-corrected chi connectivity index (χ0v) is 12.6. The number of rotatable bonds is 8. The molecule has 0 saturated carbocycles. The maximum absolute atomic E-state index is 12.1. The Labute approximate surface area is 129 Å². The van der Waals surface area contributed by atoms with E-state index in [1.807, 2.05) is 24.3 Å². The standard InChI is InChI=1S/C17H19NO4/c1-2-3-4-13-5-7-14(8-6-13)16(19)11-9-15-10-12-17(22-15)18(20)21/h5-8,10,12H,2-4,9,11H2,1H3. The molecule has 0 amide bonds. The predicted octanol–water partition coefficient (Wildman–Crippen LogP) is 4.35. The van der Waals surface area contributed by atoms with E-state index in [1.165, 1.54) is 11.6 Å². The number of carbonyl (C=O) groups excluding carboxylic acids is 1. The molecule has 1 aromatic carbocycles. The summed E-state index contributed by atoms with van der Waals surface area (Å²) in [6.07, 6.45) is 3.96. The van der Waals surface area contributed by atoms with Crippen LogP contribution in [0.2, 0.25) is 0 Å². The molecule has 1 heterocycles. The summed E-state index contributed by atoms with van der Waals surface area (Å²) in [4.78, 5) is 22.1. The first-order valence-electron chi connectivity index (χ1n) is 7.45. The highest BCUT2D eigenvalue weighted by molar-refractivity contribution is 5.96. The number of aryl methyl sites for hydroxylation is 2. The maximum Gasteiger partial charge on any atom is 0.433 e. The molecular formula is C17H19NO4. The summed E-state index contributed by atoms with van der Waals surface area (Å²) in [6, 6.07) is 10.5. The minimum Gasteiger partial charge on any atom is -0.406 e. The first-order chi connectivity index (χ1) is 10.6. The van der Waals surface area contributed by atoms with E-state index in [2.05, 4.69) is 6.92 Å². The molecule has 0 bridgehead atoms. The van der Waals surface area contributed by atoms with E-state index in [1.54, 1.807) is 6.07 Å². The number of unbranched alkanes of at least 4 members (excludes halogenated alkanes) is 1. The molecule has 0 aliphatic heterocycles. The number of nitrogens with zero attached hydrogens (tertiary/aromatic N) is 1. The average Bonchev–Trinajstić information content (AvgIpc) is 3.00. The van der Waals surface area contributed by atoms with Gasteiger partial charge >= 0.3 is 5.88 Å². The lowest BCUT2D eigenvalue weighted by Gasteiger charge is -2.03. The smallest absolute Gasteiger partial charge is 0.406 e. The predicted molar refractivity (Wildman–Crippen MR) is 83.1 cm³/mol. The Morgan fingerprint density at radius 1 is 1.14 bits per heavy atom. The van der Waals surface area contributed by atoms with Crippen LogP contribution in [0.15, 0.2) is 40.8 Å². The Morgan fingerprint density at radius 2 is 1.86 bits per heavy atom. The molecule has 0 spiro atoms. The molecule has 0 aliphatic rings. The van der Waals surface area contributed by atoms with Crippen LogP contribution < -0.4 is 0 Å². The Kier molecular flexibility index (Phi) is 5.47. The summed E-state index contributed by atoms with van der Waals surface area (Å²) in [5, 5.41) is 10.5. The van der Waals surface area contributed by atoms with Crippen LogP contribution in [0.1, 0.15) is 47.9 Å². The second-order valence-electron chi connectivity index (χ2n) is 5.22. The lowest BCUT2D eigenvalue weighted by Crippen LogP contribution is -2.01. The van der Waals surface area contributed by atoms with Crippen LogP contribution in [-0.4, -0.2) is 10.7 Å². The molecule has 0 saturated heterocycles. The number of furan rings is 1. The number of nitro groups is 1. The quantitative estimate of drug-likeness (QED) is 0.413. The number of ketones is 1. The third kappa shape index (κ3) is 4.28. The number of Topliss-reactive ketones (excluding diaryl/α,β-unsaturated/α-hetero) is 1. The first-order valence-corrected chi connectivity index (χ1v) is 7.45. The van der Waals surface area contributed by atoms with Gasteiger partial charge in [0.15, 0.2) is 5.78 Å². The van der Waals surface area contributed by atoms with Gasteiger partial charge in [0.25, 0.3) is 0 Å². The molecule has 22 heavy (non-hydrogen) atoms. The Morgan fingerprint density at radius 3 is 2.45 bits per heavy atom. The Bertz CT molecular complexity index is 643. The van der Waals surface area contributed by atoms with Crippen molar-refractivity contribution in [3.8, 4) is 0 Å². The van der Waals surface area contributed by atoms with Crippen LogP contribution in [0.25, 0.3) is 0 Å². The third-order valence-corrected chi connectivity index (χ3v) is 3.52. The monoisotopic (exact) mass is 301 g/mol. The molecule has 116 valence electrons. The molecule has 5 heteroatoms. The van der Waals surface area contributed by atoms with Gasteiger partial charge in [-0.15, -0.1) is 0 Å². The number of hydrogen-bond donors (Lipinski definition) is 0. The summed E-state index contributed by atoms with van der Waals surface area (Å²) < 4.78 is 5.04. The van der Waals surface area contributed by atoms with Crippen molar-refractivity contribution in [2.75, 3.05) is 0 Å². The minimum atomic E-state index is -0.583. The van der Waals surface area contributed by atoms with Crippen molar-refractivity contribution in [1.82, 2.24) is 0 Å². The largest absolute Gasteiger partial charge is 0.433 e. The van der Waals surface area contributed by atoms with Gasteiger partial charge in [-0.05, 0) is 24.5 Å². The van der Waals surface area contributed by atoms with Gasteiger partial charge in [0.2, 0.25) is 0 Å². The second kappa shape index (κ2) is 7.54. The molecule has 0 N–H and O–H groups in total. The van der Waals surface area contributed by atoms with Crippen molar-refractivity contribution in [3.05, 3.63) is 63.4 Å². The van der Waals surface area contributed by atoms with Crippen molar-refractivity contribution < 1.29 is 14.1 Å². The zero-order valence-electron chi connectivity index (χ0n) is 12.6. The topological polar surface area (TPSA) is 73.3 Å². The highest BCUT2D eigenvalue weighted by Gasteiger charge is 2.13. The lowest BCUT2D eigenvalue weighted by molar-refractivity contribution is -0.402. The van der Waals surface area contributed by atoms with Gasteiger partial charge in [-0.1, -0.05) is 37.6 Å². The second-order valence-corrected chi connectivity index (χ2v) is 5.22. The molecular weight excluding hydrogens is 282 g/mol. The average molecular weight is 301 g/mol. The SMILES string of the molecule is CCCCc1ccc(C(=O)CCc2ccc([N+](=O)[O-])o2)cc1. The van der Waals surface area contributed by atoms with Gasteiger partial charge in [0.1, 0.15) is 10.7 Å². The lowest BCUT2D eigenvalue weighted by atomic mass is 10.0. The Balaban J connectivity index is 1.89. The Hall–Kier alpha value is -2.43. The van der Waals surface area contributed by atoms with E-state index in [4.69, 9.17) is 4.42 Å². The summed E-state index contributed by atoms with van der Waals surface area (Å²) in [5.74, 6) is 0.184. The summed E-state index contributed by atoms with van der Waals surface area (Å²) in [5.41, 5.74) is 1.90. The molecule has 5 nitrogen and oxygen atoms in total. The van der Waals surface area contributed by atoms with Crippen LogP contribution in [0.5, 0.6) is 0 Å². The van der Waals surface area contributed by atoms with Gasteiger partial charge < -0.3 is 4.42 Å². The van der Waals surface area contributed by atoms with Gasteiger partial charge in [-0.25, -0.2) is 0 Å². The highest BCUT2D eigenvalue weighted by atomic mass is 16.6. The van der Waals surface area contributed by atoms with Crippen LogP contribution in [0, 0.1) is 10.1 Å². The van der Waals surface area contributed by atoms with Crippen molar-refractivity contribution in [2.24, 2.45) is 0 Å². The van der Waals surface area contributed by atoms with E-state index >= 15 is 0 Å². The molecule has 2 aromatic rings. The fourth-order valence-corrected chi connectivity index (χ4v) is 2.22. The van der Waals surface area contributed by atoms with Crippen molar-refractivity contribution in [3.63, 3.8) is 0 Å². The zero-order chi connectivity index (χ0) is 15.9. The maximum atomic E-state index is 12.1. The summed E-state index contributed by atoms with van der Waals surface area (Å²) in [6.45, 7) is 2.15. The van der Waals surface area contributed by atoms with Crippen LogP contribution in [0.3, 0.4) is 0 Å². The molecule has 2 rings (SSSR count). The molecule has 0 fully saturated rings. The normalized spacial score (nSPS) is 10.6. The molecule has 0 radical (unpaired) electrons. The fourth-order valence-electron chi connectivity index (χ4n) is 2.22. The van der Waals surface area contributed by atoms with Crippen molar-refractivity contribution >= 4 is 11.7 Å². The number of benzene rings is 1. The third-order valence-electron chi connectivity index (χ3n) is 3.52. The summed E-state index contributed by atoms with van der Waals surface area (Å²) >= 11 is 0. The van der Waals surface area contributed by atoms with E-state index in [-0.39, 0.29) is 18.1 Å².